The summed E-state index contributed by atoms with van der Waals surface area (Å²) in [5.74, 6) is 1.57. The smallest absolute Gasteiger partial charge is 0.119 e. The maximum absolute atomic E-state index is 5.61. The minimum absolute atomic E-state index is 0.589. The minimum atomic E-state index is 0.589. The molecule has 0 saturated heterocycles. The first-order valence-corrected chi connectivity index (χ1v) is 4.80. The Morgan fingerprint density at radius 1 is 1.54 bits per heavy atom. The molecule has 2 heteroatoms. The summed E-state index contributed by atoms with van der Waals surface area (Å²) in [6.07, 6.45) is 1.12. The molecule has 0 heterocycles. The van der Waals surface area contributed by atoms with Gasteiger partial charge in [0.1, 0.15) is 5.75 Å². The van der Waals surface area contributed by atoms with Crippen LogP contribution in [0.3, 0.4) is 0 Å². The van der Waals surface area contributed by atoms with Gasteiger partial charge >= 0.3 is 0 Å². The maximum atomic E-state index is 5.61. The van der Waals surface area contributed by atoms with Gasteiger partial charge in [0.05, 0.1) is 6.61 Å². The maximum Gasteiger partial charge on any atom is 0.119 e. The monoisotopic (exact) mass is 177 g/mol. The lowest BCUT2D eigenvalue weighted by Crippen LogP contribution is -2.24. The topological polar surface area (TPSA) is 35.2 Å². The number of rotatable bonds is 3. The molecule has 2 N–H and O–H groups in total. The molecule has 0 bridgehead atoms. The minimum Gasteiger partial charge on any atom is -0.494 e. The molecule has 0 amide bonds. The van der Waals surface area contributed by atoms with Crippen LogP contribution in [-0.4, -0.2) is 13.2 Å². The summed E-state index contributed by atoms with van der Waals surface area (Å²) in [7, 11) is 0. The van der Waals surface area contributed by atoms with Crippen molar-refractivity contribution in [2.24, 2.45) is 5.73 Å². The van der Waals surface area contributed by atoms with Crippen LogP contribution in [-0.2, 0) is 6.42 Å². The first kappa shape index (κ1) is 8.57. The third-order valence-electron chi connectivity index (χ3n) is 2.62. The van der Waals surface area contributed by atoms with Crippen LogP contribution in [0.15, 0.2) is 18.2 Å². The van der Waals surface area contributed by atoms with Crippen molar-refractivity contribution in [3.05, 3.63) is 29.3 Å². The summed E-state index contributed by atoms with van der Waals surface area (Å²) in [5.41, 5.74) is 8.43. The fraction of sp³-hybridized carbons (Fsp3) is 0.455. The van der Waals surface area contributed by atoms with Crippen molar-refractivity contribution < 1.29 is 4.74 Å². The molecule has 2 nitrogen and oxygen atoms in total. The normalized spacial score (nSPS) is 19.1. The summed E-state index contributed by atoms with van der Waals surface area (Å²) < 4.78 is 5.41. The van der Waals surface area contributed by atoms with Crippen LogP contribution in [0.25, 0.3) is 0 Å². The van der Waals surface area contributed by atoms with Crippen LogP contribution >= 0.6 is 0 Å². The average molecular weight is 177 g/mol. The summed E-state index contributed by atoms with van der Waals surface area (Å²) in [6.45, 7) is 3.50. The van der Waals surface area contributed by atoms with E-state index < -0.39 is 0 Å². The Labute approximate surface area is 78.7 Å². The zero-order valence-electron chi connectivity index (χ0n) is 7.92. The number of ether oxygens (including phenoxy) is 1. The second-order valence-corrected chi connectivity index (χ2v) is 3.43. The van der Waals surface area contributed by atoms with E-state index >= 15 is 0 Å². The van der Waals surface area contributed by atoms with Gasteiger partial charge in [-0.25, -0.2) is 0 Å². The number of hydrogen-bond acceptors (Lipinski definition) is 2. The van der Waals surface area contributed by atoms with Crippen molar-refractivity contribution in [1.29, 1.82) is 0 Å². The largest absolute Gasteiger partial charge is 0.494 e. The molecule has 0 spiro atoms. The van der Waals surface area contributed by atoms with Gasteiger partial charge in [0, 0.05) is 5.92 Å². The average Bonchev–Trinajstić information content (AvgIpc) is 2.10. The zero-order valence-corrected chi connectivity index (χ0v) is 7.92. The second kappa shape index (κ2) is 3.38. The quantitative estimate of drug-likeness (QED) is 0.762. The third-order valence-corrected chi connectivity index (χ3v) is 2.62. The third kappa shape index (κ3) is 1.42. The van der Waals surface area contributed by atoms with E-state index in [0.29, 0.717) is 5.92 Å². The molecule has 0 aromatic heterocycles. The van der Waals surface area contributed by atoms with E-state index in [1.807, 2.05) is 13.0 Å². The van der Waals surface area contributed by atoms with Crippen molar-refractivity contribution in [3.8, 4) is 5.75 Å². The lowest BCUT2D eigenvalue weighted by molar-refractivity contribution is 0.339. The summed E-state index contributed by atoms with van der Waals surface area (Å²) in [6, 6.07) is 6.30. The van der Waals surface area contributed by atoms with Gasteiger partial charge in [0.15, 0.2) is 0 Å². The standard InChI is InChI=1S/C11H15NO/c1-2-13-10-3-4-11-8(6-10)5-9(11)7-12/h3-4,6,9H,2,5,7,12H2,1H3. The Hall–Kier alpha value is -1.02. The molecular formula is C11H15NO. The molecule has 0 radical (unpaired) electrons. The van der Waals surface area contributed by atoms with Crippen molar-refractivity contribution in [1.82, 2.24) is 0 Å². The van der Waals surface area contributed by atoms with Gasteiger partial charge in [0.25, 0.3) is 0 Å². The van der Waals surface area contributed by atoms with Gasteiger partial charge in [-0.2, -0.15) is 0 Å². The van der Waals surface area contributed by atoms with Crippen molar-refractivity contribution in [2.45, 2.75) is 19.3 Å². The molecule has 1 aromatic rings. The summed E-state index contributed by atoms with van der Waals surface area (Å²) in [5, 5.41) is 0. The highest BCUT2D eigenvalue weighted by Crippen LogP contribution is 2.36. The fourth-order valence-corrected chi connectivity index (χ4v) is 1.87. The van der Waals surface area contributed by atoms with E-state index in [1.165, 1.54) is 11.1 Å². The molecule has 0 aliphatic heterocycles. The predicted octanol–water partition coefficient (Wildman–Crippen LogP) is 1.68. The Kier molecular flexibility index (Phi) is 2.23. The lowest BCUT2D eigenvalue weighted by Gasteiger charge is -2.29. The van der Waals surface area contributed by atoms with Crippen LogP contribution in [0, 0.1) is 0 Å². The van der Waals surface area contributed by atoms with Crippen LogP contribution in [0.1, 0.15) is 24.0 Å². The Morgan fingerprint density at radius 3 is 3.00 bits per heavy atom. The molecule has 70 valence electrons. The Balaban J connectivity index is 2.18. The van der Waals surface area contributed by atoms with Gasteiger partial charge < -0.3 is 10.5 Å². The summed E-state index contributed by atoms with van der Waals surface area (Å²) >= 11 is 0. The van der Waals surface area contributed by atoms with Gasteiger partial charge in [-0.15, -0.1) is 0 Å². The van der Waals surface area contributed by atoms with E-state index in [1.54, 1.807) is 0 Å². The van der Waals surface area contributed by atoms with Crippen molar-refractivity contribution in [3.63, 3.8) is 0 Å². The molecule has 13 heavy (non-hydrogen) atoms. The van der Waals surface area contributed by atoms with Crippen LogP contribution < -0.4 is 10.5 Å². The van der Waals surface area contributed by atoms with Gasteiger partial charge in [-0.05, 0) is 43.1 Å². The molecule has 0 saturated carbocycles. The number of nitrogens with two attached hydrogens (primary N) is 1. The van der Waals surface area contributed by atoms with Gasteiger partial charge in [-0.1, -0.05) is 6.07 Å². The molecule has 1 aliphatic rings. The molecule has 1 aliphatic carbocycles. The summed E-state index contributed by atoms with van der Waals surface area (Å²) in [4.78, 5) is 0. The molecule has 0 fully saturated rings. The van der Waals surface area contributed by atoms with Crippen molar-refractivity contribution in [2.75, 3.05) is 13.2 Å². The van der Waals surface area contributed by atoms with Gasteiger partial charge in [0.2, 0.25) is 0 Å². The van der Waals surface area contributed by atoms with E-state index in [2.05, 4.69) is 12.1 Å². The van der Waals surface area contributed by atoms with Crippen LogP contribution in [0.2, 0.25) is 0 Å². The van der Waals surface area contributed by atoms with E-state index in [0.717, 1.165) is 25.3 Å². The van der Waals surface area contributed by atoms with Crippen LogP contribution in [0.5, 0.6) is 5.75 Å². The lowest BCUT2D eigenvalue weighted by atomic mass is 9.77. The van der Waals surface area contributed by atoms with E-state index in [4.69, 9.17) is 10.5 Å². The van der Waals surface area contributed by atoms with Crippen molar-refractivity contribution >= 4 is 0 Å². The molecule has 1 atom stereocenters. The van der Waals surface area contributed by atoms with Crippen LogP contribution in [0.4, 0.5) is 0 Å². The first-order chi connectivity index (χ1) is 6.35. The van der Waals surface area contributed by atoms with E-state index in [-0.39, 0.29) is 0 Å². The second-order valence-electron chi connectivity index (χ2n) is 3.43. The SMILES string of the molecule is CCOc1ccc2c(c1)CC2CN. The number of fused-ring (bicyclic) bond motifs is 1. The van der Waals surface area contributed by atoms with Gasteiger partial charge in [-0.3, -0.25) is 0 Å². The first-order valence-electron chi connectivity index (χ1n) is 4.80. The Bertz CT molecular complexity index is 309. The number of benzene rings is 1. The molecular weight excluding hydrogens is 162 g/mol. The highest BCUT2D eigenvalue weighted by Gasteiger charge is 2.24. The fourth-order valence-electron chi connectivity index (χ4n) is 1.87. The predicted molar refractivity (Wildman–Crippen MR) is 53.1 cm³/mol. The highest BCUT2D eigenvalue weighted by molar-refractivity contribution is 5.45. The molecule has 2 rings (SSSR count). The molecule has 1 unspecified atom stereocenters. The Morgan fingerprint density at radius 2 is 2.38 bits per heavy atom. The van der Waals surface area contributed by atoms with E-state index in [9.17, 15) is 0 Å². The zero-order chi connectivity index (χ0) is 9.26. The number of hydrogen-bond donors (Lipinski definition) is 1. The molecule has 1 aromatic carbocycles. The highest BCUT2D eigenvalue weighted by atomic mass is 16.5.